The Hall–Kier alpha value is -0.610. The molecule has 0 amide bonds. The summed E-state index contributed by atoms with van der Waals surface area (Å²) in [7, 11) is 0. The van der Waals surface area contributed by atoms with Crippen LogP contribution in [-0.4, -0.2) is 48.2 Å². The molecule has 0 bridgehead atoms. The summed E-state index contributed by atoms with van der Waals surface area (Å²) in [5.41, 5.74) is 0. The maximum absolute atomic E-state index is 10.5. The maximum atomic E-state index is 10.5. The number of rotatable bonds is 5. The zero-order chi connectivity index (χ0) is 9.97. The molecular formula is C10H18N2O2. The summed E-state index contributed by atoms with van der Waals surface area (Å²) in [6.07, 6.45) is 3.84. The van der Waals surface area contributed by atoms with E-state index in [9.17, 15) is 4.79 Å². The molecule has 2 N–H and O–H groups in total. The van der Waals surface area contributed by atoms with Crippen molar-refractivity contribution < 1.29 is 9.90 Å². The first kappa shape index (κ1) is 9.93. The summed E-state index contributed by atoms with van der Waals surface area (Å²) < 4.78 is 0. The van der Waals surface area contributed by atoms with Crippen LogP contribution in [0.2, 0.25) is 0 Å². The van der Waals surface area contributed by atoms with Crippen molar-refractivity contribution in [2.45, 2.75) is 25.3 Å². The predicted molar refractivity (Wildman–Crippen MR) is 53.2 cm³/mol. The van der Waals surface area contributed by atoms with Crippen LogP contribution >= 0.6 is 0 Å². The van der Waals surface area contributed by atoms with E-state index in [2.05, 4.69) is 5.32 Å². The molecule has 1 saturated heterocycles. The van der Waals surface area contributed by atoms with Crippen molar-refractivity contribution in [3.8, 4) is 0 Å². The number of carboxylic acid groups (broad SMARTS) is 1. The number of hydrogen-bond acceptors (Lipinski definition) is 3. The van der Waals surface area contributed by atoms with Gasteiger partial charge < -0.3 is 10.4 Å². The van der Waals surface area contributed by atoms with Crippen molar-refractivity contribution in [2.75, 3.05) is 26.2 Å². The lowest BCUT2D eigenvalue weighted by atomic mass is 10.2. The predicted octanol–water partition coefficient (Wildman–Crippen LogP) is 0.145. The van der Waals surface area contributed by atoms with Crippen LogP contribution in [0.3, 0.4) is 0 Å². The molecule has 2 rings (SSSR count). The largest absolute Gasteiger partial charge is 0.480 e. The van der Waals surface area contributed by atoms with Gasteiger partial charge in [0.25, 0.3) is 0 Å². The van der Waals surface area contributed by atoms with Crippen LogP contribution in [0, 0.1) is 5.92 Å². The van der Waals surface area contributed by atoms with E-state index in [-0.39, 0.29) is 6.54 Å². The third-order valence-electron chi connectivity index (χ3n) is 3.02. The number of hydrogen-bond donors (Lipinski definition) is 2. The lowest BCUT2D eigenvalue weighted by Crippen LogP contribution is -2.35. The molecule has 1 atom stereocenters. The van der Waals surface area contributed by atoms with Crippen LogP contribution < -0.4 is 5.32 Å². The molecule has 0 aromatic carbocycles. The second-order valence-corrected chi connectivity index (χ2v) is 4.47. The first-order chi connectivity index (χ1) is 6.74. The fraction of sp³-hybridized carbons (Fsp3) is 0.900. The minimum Gasteiger partial charge on any atom is -0.480 e. The zero-order valence-corrected chi connectivity index (χ0v) is 8.41. The Labute approximate surface area is 84.3 Å². The highest BCUT2D eigenvalue weighted by Gasteiger charge is 2.26. The van der Waals surface area contributed by atoms with Gasteiger partial charge in [0.05, 0.1) is 6.54 Å². The fourth-order valence-electron chi connectivity index (χ4n) is 1.99. The van der Waals surface area contributed by atoms with E-state index in [1.54, 1.807) is 0 Å². The molecule has 0 radical (unpaired) electrons. The van der Waals surface area contributed by atoms with Gasteiger partial charge in [-0.15, -0.1) is 0 Å². The average Bonchev–Trinajstić information content (AvgIpc) is 2.84. The van der Waals surface area contributed by atoms with Gasteiger partial charge in [0, 0.05) is 19.1 Å². The smallest absolute Gasteiger partial charge is 0.317 e. The monoisotopic (exact) mass is 198 g/mol. The highest BCUT2D eigenvalue weighted by molar-refractivity contribution is 5.69. The first-order valence-corrected chi connectivity index (χ1v) is 5.41. The topological polar surface area (TPSA) is 52.6 Å². The lowest BCUT2D eigenvalue weighted by molar-refractivity contribution is -0.138. The summed E-state index contributed by atoms with van der Waals surface area (Å²) >= 11 is 0. The van der Waals surface area contributed by atoms with Gasteiger partial charge in [-0.3, -0.25) is 9.69 Å². The normalized spacial score (nSPS) is 28.1. The second-order valence-electron chi connectivity index (χ2n) is 4.47. The lowest BCUT2D eigenvalue weighted by Gasteiger charge is -2.14. The molecule has 1 aliphatic heterocycles. The number of nitrogens with one attached hydrogen (secondary N) is 1. The van der Waals surface area contributed by atoms with Crippen molar-refractivity contribution in [1.29, 1.82) is 0 Å². The fourth-order valence-corrected chi connectivity index (χ4v) is 1.99. The minimum atomic E-state index is -0.715. The van der Waals surface area contributed by atoms with Crippen LogP contribution in [0.5, 0.6) is 0 Å². The SMILES string of the molecule is O=C(O)CN1CCC(NCC2CC2)C1. The van der Waals surface area contributed by atoms with Gasteiger partial charge >= 0.3 is 5.97 Å². The number of likely N-dealkylation sites (tertiary alicyclic amines) is 1. The van der Waals surface area contributed by atoms with Gasteiger partial charge in [-0.25, -0.2) is 0 Å². The quantitative estimate of drug-likeness (QED) is 0.660. The molecule has 1 aliphatic carbocycles. The highest BCUT2D eigenvalue weighted by atomic mass is 16.4. The Morgan fingerprint density at radius 2 is 2.21 bits per heavy atom. The van der Waals surface area contributed by atoms with Crippen LogP contribution in [0.25, 0.3) is 0 Å². The molecule has 1 saturated carbocycles. The summed E-state index contributed by atoms with van der Waals surface area (Å²) in [5.74, 6) is 0.191. The Bertz CT molecular complexity index is 216. The van der Waals surface area contributed by atoms with Gasteiger partial charge in [-0.1, -0.05) is 0 Å². The van der Waals surface area contributed by atoms with E-state index in [0.717, 1.165) is 32.0 Å². The van der Waals surface area contributed by atoms with Crippen molar-refractivity contribution >= 4 is 5.97 Å². The Kier molecular flexibility index (Phi) is 3.03. The molecule has 1 unspecified atom stereocenters. The Balaban J connectivity index is 1.63. The van der Waals surface area contributed by atoms with E-state index < -0.39 is 5.97 Å². The summed E-state index contributed by atoms with van der Waals surface area (Å²) in [4.78, 5) is 12.5. The first-order valence-electron chi connectivity index (χ1n) is 5.41. The third-order valence-corrected chi connectivity index (χ3v) is 3.02. The van der Waals surface area contributed by atoms with Gasteiger partial charge in [-0.05, 0) is 31.7 Å². The number of carbonyl (C=O) groups is 1. The molecule has 2 fully saturated rings. The van der Waals surface area contributed by atoms with Crippen molar-refractivity contribution in [3.63, 3.8) is 0 Å². The molecule has 4 nitrogen and oxygen atoms in total. The van der Waals surface area contributed by atoms with E-state index >= 15 is 0 Å². The molecule has 0 aromatic heterocycles. The van der Waals surface area contributed by atoms with E-state index in [4.69, 9.17) is 5.11 Å². The van der Waals surface area contributed by atoms with Crippen molar-refractivity contribution in [2.24, 2.45) is 5.92 Å². The van der Waals surface area contributed by atoms with Crippen molar-refractivity contribution in [1.82, 2.24) is 10.2 Å². The van der Waals surface area contributed by atoms with Crippen LogP contribution in [0.4, 0.5) is 0 Å². The van der Waals surface area contributed by atoms with Gasteiger partial charge in [0.1, 0.15) is 0 Å². The van der Waals surface area contributed by atoms with Crippen LogP contribution in [-0.2, 0) is 4.79 Å². The number of nitrogens with zero attached hydrogens (tertiary/aromatic N) is 1. The van der Waals surface area contributed by atoms with E-state index in [1.807, 2.05) is 4.90 Å². The van der Waals surface area contributed by atoms with Gasteiger partial charge in [0.15, 0.2) is 0 Å². The van der Waals surface area contributed by atoms with Crippen LogP contribution in [0.15, 0.2) is 0 Å². The molecule has 4 heteroatoms. The molecule has 80 valence electrons. The zero-order valence-electron chi connectivity index (χ0n) is 8.41. The highest BCUT2D eigenvalue weighted by Crippen LogP contribution is 2.28. The molecule has 14 heavy (non-hydrogen) atoms. The number of aliphatic carboxylic acids is 1. The summed E-state index contributed by atoms with van der Waals surface area (Å²) in [5, 5.41) is 12.1. The van der Waals surface area contributed by atoms with Gasteiger partial charge in [0.2, 0.25) is 0 Å². The molecule has 0 spiro atoms. The van der Waals surface area contributed by atoms with Crippen molar-refractivity contribution in [3.05, 3.63) is 0 Å². The van der Waals surface area contributed by atoms with Crippen LogP contribution in [0.1, 0.15) is 19.3 Å². The van der Waals surface area contributed by atoms with E-state index in [0.29, 0.717) is 6.04 Å². The second kappa shape index (κ2) is 4.28. The molecular weight excluding hydrogens is 180 g/mol. The summed E-state index contributed by atoms with van der Waals surface area (Å²) in [6, 6.07) is 0.523. The Morgan fingerprint density at radius 1 is 1.43 bits per heavy atom. The average molecular weight is 198 g/mol. The minimum absolute atomic E-state index is 0.196. The molecule has 1 heterocycles. The summed E-state index contributed by atoms with van der Waals surface area (Å²) in [6.45, 7) is 3.15. The molecule has 2 aliphatic rings. The van der Waals surface area contributed by atoms with Gasteiger partial charge in [-0.2, -0.15) is 0 Å². The standard InChI is InChI=1S/C10H18N2O2/c13-10(14)7-12-4-3-9(6-12)11-5-8-1-2-8/h8-9,11H,1-7H2,(H,13,14). The maximum Gasteiger partial charge on any atom is 0.317 e. The molecule has 0 aromatic rings. The Morgan fingerprint density at radius 3 is 2.86 bits per heavy atom. The van der Waals surface area contributed by atoms with E-state index in [1.165, 1.54) is 12.8 Å². The number of carboxylic acids is 1. The third kappa shape index (κ3) is 2.96.